The molecule has 1 aliphatic heterocycles. The summed E-state index contributed by atoms with van der Waals surface area (Å²) < 4.78 is 29.2. The molecule has 5 nitrogen and oxygen atoms in total. The summed E-state index contributed by atoms with van der Waals surface area (Å²) in [6.45, 7) is 1.88. The molecule has 5 rings (SSSR count). The Labute approximate surface area is 200 Å². The predicted octanol–water partition coefficient (Wildman–Crippen LogP) is 5.43. The Morgan fingerprint density at radius 1 is 0.853 bits per heavy atom. The Morgan fingerprint density at radius 2 is 1.53 bits per heavy atom. The largest absolute Gasteiger partial charge is 0.366 e. The van der Waals surface area contributed by atoms with E-state index >= 15 is 0 Å². The van der Waals surface area contributed by atoms with Gasteiger partial charge in [0.05, 0.1) is 22.1 Å². The molecule has 2 heterocycles. The Balaban J connectivity index is 1.45. The van der Waals surface area contributed by atoms with Gasteiger partial charge in [0.2, 0.25) is 0 Å². The first-order chi connectivity index (χ1) is 16.5. The van der Waals surface area contributed by atoms with E-state index in [-0.39, 0.29) is 17.5 Å². The van der Waals surface area contributed by atoms with Crippen molar-refractivity contribution in [3.05, 3.63) is 101 Å². The molecule has 4 aromatic rings. The van der Waals surface area contributed by atoms with Gasteiger partial charge in [-0.2, -0.15) is 5.10 Å². The van der Waals surface area contributed by atoms with E-state index in [4.69, 9.17) is 11.6 Å². The molecule has 0 aliphatic carbocycles. The molecular formula is C26H21ClF2N4O. The summed E-state index contributed by atoms with van der Waals surface area (Å²) >= 11 is 6.37. The van der Waals surface area contributed by atoms with Gasteiger partial charge in [0.25, 0.3) is 5.91 Å². The lowest BCUT2D eigenvalue weighted by molar-refractivity contribution is 0.0737. The molecule has 1 amide bonds. The lowest BCUT2D eigenvalue weighted by Crippen LogP contribution is -2.49. The number of benzene rings is 3. The fourth-order valence-electron chi connectivity index (χ4n) is 4.13. The number of halogens is 3. The van der Waals surface area contributed by atoms with E-state index in [2.05, 4.69) is 5.10 Å². The number of hydrogen-bond donors (Lipinski definition) is 0. The standard InChI is InChI=1S/C26H21ClF2N4O/c27-21-6-2-1-5-20(21)23-17-25(33(30-23)19-11-9-18(28)10-12-19)26(34)32-15-13-31(14-16-32)24-8-4-3-7-22(24)29/h1-12,17H,13-16H2. The average Bonchev–Trinajstić information content (AvgIpc) is 3.30. The topological polar surface area (TPSA) is 41.4 Å². The van der Waals surface area contributed by atoms with Crippen molar-refractivity contribution in [1.82, 2.24) is 14.7 Å². The van der Waals surface area contributed by atoms with E-state index in [0.29, 0.717) is 59.5 Å². The molecule has 0 unspecified atom stereocenters. The fraction of sp³-hybridized carbons (Fsp3) is 0.154. The van der Waals surface area contributed by atoms with Crippen molar-refractivity contribution in [2.75, 3.05) is 31.1 Å². The first-order valence-electron chi connectivity index (χ1n) is 10.9. The zero-order valence-electron chi connectivity index (χ0n) is 18.2. The van der Waals surface area contributed by atoms with Gasteiger partial charge in [0.1, 0.15) is 17.3 Å². The van der Waals surface area contributed by atoms with Gasteiger partial charge in [-0.1, -0.05) is 41.9 Å². The Hall–Kier alpha value is -3.71. The summed E-state index contributed by atoms with van der Waals surface area (Å²) in [6.07, 6.45) is 0. The van der Waals surface area contributed by atoms with Gasteiger partial charge in [-0.3, -0.25) is 4.79 Å². The van der Waals surface area contributed by atoms with Crippen LogP contribution in [0.2, 0.25) is 5.02 Å². The molecule has 1 aliphatic rings. The SMILES string of the molecule is O=C(c1cc(-c2ccccc2Cl)nn1-c1ccc(F)cc1)N1CCN(c2ccccc2F)CC1. The van der Waals surface area contributed by atoms with E-state index in [1.165, 1.54) is 22.9 Å². The predicted molar refractivity (Wildman–Crippen MR) is 128 cm³/mol. The number of carbonyl (C=O) groups is 1. The summed E-state index contributed by atoms with van der Waals surface area (Å²) in [4.78, 5) is 17.2. The van der Waals surface area contributed by atoms with Crippen molar-refractivity contribution < 1.29 is 13.6 Å². The molecular weight excluding hydrogens is 458 g/mol. The van der Waals surface area contributed by atoms with Crippen LogP contribution in [0, 0.1) is 11.6 Å². The normalized spacial score (nSPS) is 13.9. The van der Waals surface area contributed by atoms with Crippen LogP contribution in [0.3, 0.4) is 0 Å². The van der Waals surface area contributed by atoms with E-state index in [9.17, 15) is 13.6 Å². The second-order valence-corrected chi connectivity index (χ2v) is 8.42. The molecule has 3 aromatic carbocycles. The highest BCUT2D eigenvalue weighted by Crippen LogP contribution is 2.29. The number of rotatable bonds is 4. The summed E-state index contributed by atoms with van der Waals surface area (Å²) in [5, 5.41) is 5.15. The first kappa shape index (κ1) is 22.1. The van der Waals surface area contributed by atoms with Crippen LogP contribution in [0.4, 0.5) is 14.5 Å². The maximum absolute atomic E-state index is 14.2. The summed E-state index contributed by atoms with van der Waals surface area (Å²) in [7, 11) is 0. The Bertz CT molecular complexity index is 1330. The van der Waals surface area contributed by atoms with Gasteiger partial charge in [-0.15, -0.1) is 0 Å². The highest BCUT2D eigenvalue weighted by molar-refractivity contribution is 6.33. The van der Waals surface area contributed by atoms with Crippen LogP contribution in [-0.4, -0.2) is 46.8 Å². The number of carbonyl (C=O) groups excluding carboxylic acids is 1. The van der Waals surface area contributed by atoms with Gasteiger partial charge >= 0.3 is 0 Å². The molecule has 1 aromatic heterocycles. The second-order valence-electron chi connectivity index (χ2n) is 8.01. The van der Waals surface area contributed by atoms with Crippen molar-refractivity contribution in [3.8, 4) is 16.9 Å². The maximum Gasteiger partial charge on any atom is 0.272 e. The lowest BCUT2D eigenvalue weighted by atomic mass is 10.1. The molecule has 0 spiro atoms. The van der Waals surface area contributed by atoms with E-state index < -0.39 is 0 Å². The number of nitrogens with zero attached hydrogens (tertiary/aromatic N) is 4. The second kappa shape index (κ2) is 9.27. The highest BCUT2D eigenvalue weighted by atomic mass is 35.5. The third-order valence-corrected chi connectivity index (χ3v) is 6.24. The van der Waals surface area contributed by atoms with Crippen LogP contribution in [-0.2, 0) is 0 Å². The maximum atomic E-state index is 14.2. The van der Waals surface area contributed by atoms with Crippen molar-refractivity contribution >= 4 is 23.2 Å². The molecule has 8 heteroatoms. The van der Waals surface area contributed by atoms with E-state index in [0.717, 1.165) is 0 Å². The summed E-state index contributed by atoms with van der Waals surface area (Å²) in [5.74, 6) is -0.858. The van der Waals surface area contributed by atoms with Gasteiger partial charge < -0.3 is 9.80 Å². The number of piperazine rings is 1. The molecule has 0 atom stereocenters. The fourth-order valence-corrected chi connectivity index (χ4v) is 4.37. The van der Waals surface area contributed by atoms with Crippen molar-refractivity contribution in [1.29, 1.82) is 0 Å². The van der Waals surface area contributed by atoms with Crippen molar-refractivity contribution in [3.63, 3.8) is 0 Å². The van der Waals surface area contributed by atoms with Crippen LogP contribution >= 0.6 is 11.6 Å². The number of para-hydroxylation sites is 1. The van der Waals surface area contributed by atoms with Crippen LogP contribution in [0.25, 0.3) is 16.9 Å². The number of aromatic nitrogens is 2. The third kappa shape index (κ3) is 4.26. The monoisotopic (exact) mass is 478 g/mol. The summed E-state index contributed by atoms with van der Waals surface area (Å²) in [6, 6.07) is 21.4. The average molecular weight is 479 g/mol. The van der Waals surface area contributed by atoms with E-state index in [1.807, 2.05) is 23.1 Å². The minimum Gasteiger partial charge on any atom is -0.366 e. The first-order valence-corrected chi connectivity index (χ1v) is 11.3. The van der Waals surface area contributed by atoms with Crippen LogP contribution < -0.4 is 4.90 Å². The molecule has 34 heavy (non-hydrogen) atoms. The van der Waals surface area contributed by atoms with Gasteiger partial charge in [-0.05, 0) is 48.5 Å². The third-order valence-electron chi connectivity index (χ3n) is 5.91. The minimum absolute atomic E-state index is 0.205. The number of hydrogen-bond acceptors (Lipinski definition) is 3. The van der Waals surface area contributed by atoms with Crippen LogP contribution in [0.5, 0.6) is 0 Å². The van der Waals surface area contributed by atoms with Gasteiger partial charge in [0, 0.05) is 31.7 Å². The minimum atomic E-state index is -0.376. The Kier molecular flexibility index (Phi) is 6.02. The number of amides is 1. The van der Waals surface area contributed by atoms with Crippen molar-refractivity contribution in [2.45, 2.75) is 0 Å². The Morgan fingerprint density at radius 3 is 2.24 bits per heavy atom. The molecule has 0 bridgehead atoms. The molecule has 1 fully saturated rings. The zero-order valence-corrected chi connectivity index (χ0v) is 18.9. The quantitative estimate of drug-likeness (QED) is 0.392. The van der Waals surface area contributed by atoms with E-state index in [1.54, 1.807) is 47.4 Å². The smallest absolute Gasteiger partial charge is 0.272 e. The highest BCUT2D eigenvalue weighted by Gasteiger charge is 2.27. The van der Waals surface area contributed by atoms with Crippen LogP contribution in [0.1, 0.15) is 10.5 Å². The molecule has 172 valence electrons. The zero-order chi connectivity index (χ0) is 23.7. The molecule has 1 saturated heterocycles. The lowest BCUT2D eigenvalue weighted by Gasteiger charge is -2.36. The number of anilines is 1. The van der Waals surface area contributed by atoms with Gasteiger partial charge in [-0.25, -0.2) is 13.5 Å². The van der Waals surface area contributed by atoms with Crippen LogP contribution in [0.15, 0.2) is 78.9 Å². The summed E-state index contributed by atoms with van der Waals surface area (Å²) in [5.41, 5.74) is 2.69. The molecule has 0 saturated carbocycles. The molecule has 0 N–H and O–H groups in total. The van der Waals surface area contributed by atoms with Gasteiger partial charge in [0.15, 0.2) is 0 Å². The molecule has 0 radical (unpaired) electrons. The van der Waals surface area contributed by atoms with Crippen molar-refractivity contribution in [2.24, 2.45) is 0 Å².